The van der Waals surface area contributed by atoms with Gasteiger partial charge in [-0.1, -0.05) is 12.1 Å². The van der Waals surface area contributed by atoms with E-state index in [1.165, 1.54) is 18.2 Å². The minimum atomic E-state index is -0.384. The monoisotopic (exact) mass is 277 g/mol. The lowest BCUT2D eigenvalue weighted by Gasteiger charge is -2.18. The number of nitrogens with one attached hydrogen (secondary N) is 1. The number of halogens is 2. The maximum atomic E-state index is 14.0. The molecule has 0 saturated heterocycles. The second-order valence-corrected chi connectivity index (χ2v) is 4.67. The smallest absolute Gasteiger partial charge is 0.135 e. The molecule has 0 heterocycles. The Bertz CT molecular complexity index is 613. The van der Waals surface area contributed by atoms with Crippen molar-refractivity contribution < 1.29 is 13.5 Å². The Labute approximate surface area is 117 Å². The number of aryl methyl sites for hydroxylation is 1. The first-order valence-corrected chi connectivity index (χ1v) is 6.42. The molecule has 2 nitrogen and oxygen atoms in total. The van der Waals surface area contributed by atoms with Crippen molar-refractivity contribution in [2.24, 2.45) is 0 Å². The Kier molecular flexibility index (Phi) is 4.35. The van der Waals surface area contributed by atoms with Gasteiger partial charge < -0.3 is 10.1 Å². The van der Waals surface area contributed by atoms with Gasteiger partial charge in [-0.2, -0.15) is 0 Å². The van der Waals surface area contributed by atoms with E-state index in [0.717, 1.165) is 5.56 Å². The summed E-state index contributed by atoms with van der Waals surface area (Å²) in [6.07, 6.45) is 0. The van der Waals surface area contributed by atoms with Crippen LogP contribution in [0.4, 0.5) is 8.78 Å². The van der Waals surface area contributed by atoms with E-state index in [0.29, 0.717) is 17.1 Å². The molecule has 1 unspecified atom stereocenters. The molecular weight excluding hydrogens is 260 g/mol. The summed E-state index contributed by atoms with van der Waals surface area (Å²) in [7, 11) is 1.74. The molecule has 0 aliphatic carbocycles. The van der Waals surface area contributed by atoms with Crippen LogP contribution < -0.4 is 10.1 Å². The second kappa shape index (κ2) is 6.01. The highest BCUT2D eigenvalue weighted by molar-refractivity contribution is 5.43. The van der Waals surface area contributed by atoms with Gasteiger partial charge >= 0.3 is 0 Å². The fourth-order valence-electron chi connectivity index (χ4n) is 1.97. The summed E-state index contributed by atoms with van der Waals surface area (Å²) in [5.41, 5.74) is 1.22. The molecule has 1 N–H and O–H groups in total. The molecule has 106 valence electrons. The Balaban J connectivity index is 2.43. The van der Waals surface area contributed by atoms with Crippen LogP contribution in [0, 0.1) is 18.6 Å². The minimum Gasteiger partial charge on any atom is -0.457 e. The van der Waals surface area contributed by atoms with E-state index in [-0.39, 0.29) is 17.7 Å². The minimum absolute atomic E-state index is 0.208. The van der Waals surface area contributed by atoms with E-state index in [1.54, 1.807) is 25.2 Å². The van der Waals surface area contributed by atoms with Crippen molar-refractivity contribution in [1.82, 2.24) is 5.32 Å². The summed E-state index contributed by atoms with van der Waals surface area (Å²) in [4.78, 5) is 0. The van der Waals surface area contributed by atoms with E-state index in [2.05, 4.69) is 5.32 Å². The zero-order valence-electron chi connectivity index (χ0n) is 11.7. The quantitative estimate of drug-likeness (QED) is 0.897. The Hall–Kier alpha value is -1.94. The van der Waals surface area contributed by atoms with Crippen molar-refractivity contribution in [3.05, 3.63) is 59.2 Å². The van der Waals surface area contributed by atoms with Gasteiger partial charge in [0, 0.05) is 17.7 Å². The summed E-state index contributed by atoms with van der Waals surface area (Å²) in [6.45, 7) is 3.65. The van der Waals surface area contributed by atoms with Gasteiger partial charge in [0.2, 0.25) is 0 Å². The third-order valence-corrected chi connectivity index (χ3v) is 3.25. The zero-order chi connectivity index (χ0) is 14.7. The molecule has 20 heavy (non-hydrogen) atoms. The average molecular weight is 277 g/mol. The topological polar surface area (TPSA) is 21.3 Å². The van der Waals surface area contributed by atoms with Crippen LogP contribution in [0.5, 0.6) is 11.5 Å². The number of rotatable bonds is 4. The lowest BCUT2D eigenvalue weighted by Crippen LogP contribution is -2.15. The molecule has 0 aromatic heterocycles. The van der Waals surface area contributed by atoms with E-state index >= 15 is 0 Å². The van der Waals surface area contributed by atoms with Gasteiger partial charge in [-0.05, 0) is 44.7 Å². The van der Waals surface area contributed by atoms with Gasteiger partial charge in [0.1, 0.15) is 23.1 Å². The molecule has 0 aliphatic heterocycles. The van der Waals surface area contributed by atoms with Crippen LogP contribution in [0.15, 0.2) is 36.4 Å². The first-order valence-electron chi connectivity index (χ1n) is 6.42. The molecule has 0 radical (unpaired) electrons. The Morgan fingerprint density at radius 1 is 1.10 bits per heavy atom. The van der Waals surface area contributed by atoms with Crippen LogP contribution in [0.1, 0.15) is 24.1 Å². The van der Waals surface area contributed by atoms with Crippen molar-refractivity contribution in [3.8, 4) is 11.5 Å². The maximum Gasteiger partial charge on any atom is 0.135 e. The molecule has 0 bridgehead atoms. The molecule has 0 aliphatic rings. The Morgan fingerprint density at radius 2 is 1.85 bits per heavy atom. The highest BCUT2D eigenvalue weighted by atomic mass is 19.1. The van der Waals surface area contributed by atoms with Gasteiger partial charge in [0.15, 0.2) is 0 Å². The molecular formula is C16H17F2NO. The van der Waals surface area contributed by atoms with Crippen LogP contribution in [0.25, 0.3) is 0 Å². The zero-order valence-corrected chi connectivity index (χ0v) is 11.7. The largest absolute Gasteiger partial charge is 0.457 e. The molecule has 2 aromatic rings. The fraction of sp³-hybridized carbons (Fsp3) is 0.250. The predicted octanol–water partition coefficient (Wildman–Crippen LogP) is 4.35. The molecule has 0 amide bonds. The van der Waals surface area contributed by atoms with Crippen molar-refractivity contribution in [2.75, 3.05) is 7.05 Å². The van der Waals surface area contributed by atoms with Gasteiger partial charge in [0.05, 0.1) is 0 Å². The molecule has 0 spiro atoms. The average Bonchev–Trinajstić information content (AvgIpc) is 2.42. The lowest BCUT2D eigenvalue weighted by molar-refractivity contribution is 0.446. The fourth-order valence-corrected chi connectivity index (χ4v) is 1.97. The van der Waals surface area contributed by atoms with Crippen LogP contribution in [0.2, 0.25) is 0 Å². The number of ether oxygens (including phenoxy) is 1. The summed E-state index contributed by atoms with van der Waals surface area (Å²) >= 11 is 0. The first-order chi connectivity index (χ1) is 9.52. The SMILES string of the molecule is CNC(C)c1c(F)cccc1Oc1cc(F)ccc1C. The molecule has 2 rings (SSSR count). The van der Waals surface area contributed by atoms with Crippen LogP contribution in [0.3, 0.4) is 0 Å². The molecule has 2 aromatic carbocycles. The first kappa shape index (κ1) is 14.5. The van der Waals surface area contributed by atoms with Crippen molar-refractivity contribution in [2.45, 2.75) is 19.9 Å². The number of hydrogen-bond acceptors (Lipinski definition) is 2. The molecule has 0 saturated carbocycles. The van der Waals surface area contributed by atoms with Gasteiger partial charge in [0.25, 0.3) is 0 Å². The van der Waals surface area contributed by atoms with E-state index in [9.17, 15) is 8.78 Å². The van der Waals surface area contributed by atoms with Crippen LogP contribution in [-0.4, -0.2) is 7.05 Å². The maximum absolute atomic E-state index is 14.0. The number of benzene rings is 2. The molecule has 4 heteroatoms. The normalized spacial score (nSPS) is 12.2. The third kappa shape index (κ3) is 2.96. The van der Waals surface area contributed by atoms with Crippen molar-refractivity contribution in [3.63, 3.8) is 0 Å². The van der Waals surface area contributed by atoms with Gasteiger partial charge in [-0.15, -0.1) is 0 Å². The molecule has 1 atom stereocenters. The summed E-state index contributed by atoms with van der Waals surface area (Å²) in [5, 5.41) is 2.98. The highest BCUT2D eigenvalue weighted by Crippen LogP contribution is 2.33. The van der Waals surface area contributed by atoms with Gasteiger partial charge in [-0.3, -0.25) is 0 Å². The predicted molar refractivity (Wildman–Crippen MR) is 75.1 cm³/mol. The second-order valence-electron chi connectivity index (χ2n) is 4.67. The van der Waals surface area contributed by atoms with Crippen molar-refractivity contribution in [1.29, 1.82) is 0 Å². The van der Waals surface area contributed by atoms with E-state index in [1.807, 2.05) is 13.8 Å². The Morgan fingerprint density at radius 3 is 2.55 bits per heavy atom. The van der Waals surface area contributed by atoms with Crippen LogP contribution in [-0.2, 0) is 0 Å². The van der Waals surface area contributed by atoms with E-state index < -0.39 is 0 Å². The lowest BCUT2D eigenvalue weighted by atomic mass is 10.1. The van der Waals surface area contributed by atoms with E-state index in [4.69, 9.17) is 4.74 Å². The third-order valence-electron chi connectivity index (χ3n) is 3.25. The summed E-state index contributed by atoms with van der Waals surface area (Å²) in [6, 6.07) is 8.72. The standard InChI is InChI=1S/C16H17F2NO/c1-10-7-8-12(17)9-15(10)20-14-6-4-5-13(18)16(14)11(2)19-3/h4-9,11,19H,1-3H3. The highest BCUT2D eigenvalue weighted by Gasteiger charge is 2.16. The molecule has 0 fully saturated rings. The van der Waals surface area contributed by atoms with Crippen molar-refractivity contribution >= 4 is 0 Å². The van der Waals surface area contributed by atoms with Crippen LogP contribution >= 0.6 is 0 Å². The summed E-state index contributed by atoms with van der Waals surface area (Å²) in [5.74, 6) is 0.0457. The van der Waals surface area contributed by atoms with Gasteiger partial charge in [-0.25, -0.2) is 8.78 Å². The summed E-state index contributed by atoms with van der Waals surface area (Å²) < 4.78 is 33.0. The number of hydrogen-bond donors (Lipinski definition) is 1.